The summed E-state index contributed by atoms with van der Waals surface area (Å²) in [5.74, 6) is -1.76. The summed E-state index contributed by atoms with van der Waals surface area (Å²) in [6.45, 7) is 4.80. The van der Waals surface area contributed by atoms with Crippen LogP contribution < -0.4 is 0 Å². The van der Waals surface area contributed by atoms with Gasteiger partial charge in [-0.1, -0.05) is 0 Å². The maximum Gasteiger partial charge on any atom is 0.303 e. The Kier molecular flexibility index (Phi) is 12.1. The number of carbonyl (C=O) groups excluding carboxylic acids is 4. The third kappa shape index (κ3) is 18.3. The van der Waals surface area contributed by atoms with Gasteiger partial charge in [0, 0.05) is 27.7 Å². The first kappa shape index (κ1) is 20.2. The van der Waals surface area contributed by atoms with Gasteiger partial charge in [0.1, 0.15) is 13.2 Å². The van der Waals surface area contributed by atoms with Crippen molar-refractivity contribution in [2.24, 2.45) is 0 Å². The van der Waals surface area contributed by atoms with Crippen LogP contribution in [0.4, 0.5) is 0 Å². The van der Waals surface area contributed by atoms with Gasteiger partial charge in [-0.05, 0) is 0 Å². The molecule has 0 spiro atoms. The first-order valence-corrected chi connectivity index (χ1v) is 5.67. The number of rotatable bonds is 5. The van der Waals surface area contributed by atoms with Crippen LogP contribution in [-0.4, -0.2) is 50.3 Å². The van der Waals surface area contributed by atoms with Gasteiger partial charge in [0.2, 0.25) is 0 Å². The molecule has 116 valence electrons. The normalized spacial score (nSPS) is 8.90. The van der Waals surface area contributed by atoms with Crippen LogP contribution in [-0.2, 0) is 38.1 Å². The highest BCUT2D eigenvalue weighted by molar-refractivity contribution is 5.67. The molecule has 0 saturated carbocycles. The van der Waals surface area contributed by atoms with E-state index in [9.17, 15) is 19.2 Å². The highest BCUT2D eigenvalue weighted by Gasteiger charge is 2.15. The fraction of sp³-hybridized carbons (Fsp3) is 0.667. The van der Waals surface area contributed by atoms with Gasteiger partial charge in [-0.2, -0.15) is 0 Å². The third-order valence-electron chi connectivity index (χ3n) is 1.57. The summed E-state index contributed by atoms with van der Waals surface area (Å²) >= 11 is 0. The molecule has 0 aromatic heterocycles. The van der Waals surface area contributed by atoms with Crippen molar-refractivity contribution in [1.82, 2.24) is 0 Å². The maximum atomic E-state index is 10.6. The van der Waals surface area contributed by atoms with Gasteiger partial charge in [-0.3, -0.25) is 19.2 Å². The van der Waals surface area contributed by atoms with E-state index in [1.165, 1.54) is 34.8 Å². The first-order valence-electron chi connectivity index (χ1n) is 5.67. The molecule has 0 aromatic carbocycles. The van der Waals surface area contributed by atoms with Crippen LogP contribution in [0.3, 0.4) is 0 Å². The Hall–Kier alpha value is -2.12. The molecule has 0 amide bonds. The second-order valence-corrected chi connectivity index (χ2v) is 3.53. The van der Waals surface area contributed by atoms with Crippen LogP contribution >= 0.6 is 0 Å². The molecule has 0 radical (unpaired) electrons. The Balaban J connectivity index is 0. The van der Waals surface area contributed by atoms with E-state index in [0.29, 0.717) is 0 Å². The van der Waals surface area contributed by atoms with E-state index in [2.05, 4.69) is 14.2 Å². The molecule has 8 nitrogen and oxygen atoms in total. The van der Waals surface area contributed by atoms with E-state index < -0.39 is 24.0 Å². The average Bonchev–Trinajstić information content (AvgIpc) is 2.32. The van der Waals surface area contributed by atoms with E-state index in [1.807, 2.05) is 0 Å². The Labute approximate surface area is 117 Å². The maximum absolute atomic E-state index is 10.6. The largest absolute Gasteiger partial charge is 0.469 e. The summed E-state index contributed by atoms with van der Waals surface area (Å²) in [6, 6.07) is 0. The predicted octanol–water partition coefficient (Wildman–Crippen LogP) is 0.224. The van der Waals surface area contributed by atoms with Crippen molar-refractivity contribution in [3.05, 3.63) is 0 Å². The molecule has 8 heteroatoms. The molecule has 0 aliphatic heterocycles. The second kappa shape index (κ2) is 11.9. The lowest BCUT2D eigenvalue weighted by molar-refractivity contribution is -0.163. The summed E-state index contributed by atoms with van der Waals surface area (Å²) in [4.78, 5) is 41.2. The van der Waals surface area contributed by atoms with Gasteiger partial charge in [0.25, 0.3) is 0 Å². The zero-order valence-corrected chi connectivity index (χ0v) is 12.3. The van der Waals surface area contributed by atoms with Crippen LogP contribution in [0.2, 0.25) is 0 Å². The van der Waals surface area contributed by atoms with Gasteiger partial charge < -0.3 is 18.9 Å². The quantitative estimate of drug-likeness (QED) is 0.523. The summed E-state index contributed by atoms with van der Waals surface area (Å²) in [5.41, 5.74) is 0. The number of esters is 4. The zero-order valence-electron chi connectivity index (χ0n) is 12.3. The van der Waals surface area contributed by atoms with Crippen LogP contribution in [0.5, 0.6) is 0 Å². The van der Waals surface area contributed by atoms with E-state index in [4.69, 9.17) is 4.74 Å². The number of ether oxygens (including phenoxy) is 4. The molecule has 0 rings (SSSR count). The van der Waals surface area contributed by atoms with Crippen molar-refractivity contribution < 1.29 is 38.1 Å². The number of hydrogen-bond acceptors (Lipinski definition) is 8. The monoisotopic (exact) mass is 292 g/mol. The SMILES string of the molecule is CC(=O)OCC(COC(C)=O)OC(C)=O.COC(C)=O. The molecular formula is C12H20O8. The highest BCUT2D eigenvalue weighted by atomic mass is 16.6. The predicted molar refractivity (Wildman–Crippen MR) is 66.5 cm³/mol. The van der Waals surface area contributed by atoms with Gasteiger partial charge in [-0.15, -0.1) is 0 Å². The Bertz CT molecular complexity index is 318. The van der Waals surface area contributed by atoms with E-state index in [1.54, 1.807) is 0 Å². The van der Waals surface area contributed by atoms with Gasteiger partial charge in [0.15, 0.2) is 6.10 Å². The molecule has 0 aliphatic carbocycles. The van der Waals surface area contributed by atoms with Crippen LogP contribution in [0.15, 0.2) is 0 Å². The summed E-state index contributed by atoms with van der Waals surface area (Å²) in [5, 5.41) is 0. The minimum absolute atomic E-state index is 0.123. The second-order valence-electron chi connectivity index (χ2n) is 3.53. The third-order valence-corrected chi connectivity index (χ3v) is 1.57. The molecule has 0 bridgehead atoms. The first-order chi connectivity index (χ1) is 9.18. The summed E-state index contributed by atoms with van der Waals surface area (Å²) in [6.07, 6.45) is -0.754. The molecule has 0 unspecified atom stereocenters. The van der Waals surface area contributed by atoms with E-state index in [-0.39, 0.29) is 19.2 Å². The molecular weight excluding hydrogens is 272 g/mol. The minimum Gasteiger partial charge on any atom is -0.469 e. The molecule has 0 aromatic rings. The van der Waals surface area contributed by atoms with Crippen LogP contribution in [0, 0.1) is 0 Å². The lowest BCUT2D eigenvalue weighted by Crippen LogP contribution is -2.29. The number of carbonyl (C=O) groups is 4. The van der Waals surface area contributed by atoms with Crippen LogP contribution in [0.25, 0.3) is 0 Å². The molecule has 20 heavy (non-hydrogen) atoms. The molecule has 0 saturated heterocycles. The van der Waals surface area contributed by atoms with Crippen molar-refractivity contribution in [2.75, 3.05) is 20.3 Å². The van der Waals surface area contributed by atoms with Gasteiger partial charge in [-0.25, -0.2) is 0 Å². The molecule has 0 fully saturated rings. The topological polar surface area (TPSA) is 105 Å². The molecule has 0 aliphatic rings. The smallest absolute Gasteiger partial charge is 0.303 e. The lowest BCUT2D eigenvalue weighted by Gasteiger charge is -2.15. The fourth-order valence-corrected chi connectivity index (χ4v) is 0.771. The van der Waals surface area contributed by atoms with Crippen molar-refractivity contribution in [3.8, 4) is 0 Å². The summed E-state index contributed by atoms with van der Waals surface area (Å²) in [7, 11) is 1.35. The minimum atomic E-state index is -0.754. The van der Waals surface area contributed by atoms with Gasteiger partial charge >= 0.3 is 23.9 Å². The standard InChI is InChI=1S/C9H14O6.C3H6O2/c1-6(10)13-4-9(15-8(3)12)5-14-7(2)11;1-3(4)5-2/h9H,4-5H2,1-3H3;1-2H3. The van der Waals surface area contributed by atoms with Crippen molar-refractivity contribution in [2.45, 2.75) is 33.8 Å². The summed E-state index contributed by atoms with van der Waals surface area (Å²) < 4.78 is 18.1. The number of methoxy groups -OCH3 is 1. The zero-order chi connectivity index (χ0) is 16.1. The molecule has 0 N–H and O–H groups in total. The van der Waals surface area contributed by atoms with Crippen molar-refractivity contribution in [3.63, 3.8) is 0 Å². The van der Waals surface area contributed by atoms with Crippen LogP contribution in [0.1, 0.15) is 27.7 Å². The molecule has 0 heterocycles. The number of hydrogen-bond donors (Lipinski definition) is 0. The average molecular weight is 292 g/mol. The lowest BCUT2D eigenvalue weighted by atomic mass is 10.4. The van der Waals surface area contributed by atoms with Crippen molar-refractivity contribution in [1.29, 1.82) is 0 Å². The van der Waals surface area contributed by atoms with E-state index in [0.717, 1.165) is 0 Å². The van der Waals surface area contributed by atoms with Gasteiger partial charge in [0.05, 0.1) is 7.11 Å². The van der Waals surface area contributed by atoms with E-state index >= 15 is 0 Å². The highest BCUT2D eigenvalue weighted by Crippen LogP contribution is 1.97. The van der Waals surface area contributed by atoms with Crippen molar-refractivity contribution >= 4 is 23.9 Å². The molecule has 0 atom stereocenters. The Morgan fingerprint density at radius 3 is 1.30 bits per heavy atom. The fourth-order valence-electron chi connectivity index (χ4n) is 0.771. The Morgan fingerprint density at radius 1 is 0.750 bits per heavy atom. The Morgan fingerprint density at radius 2 is 1.10 bits per heavy atom.